The number of carbonyl (C=O) groups excluding carboxylic acids is 1. The van der Waals surface area contributed by atoms with Gasteiger partial charge in [0.05, 0.1) is 32.6 Å². The molecule has 8 heteroatoms. The molecule has 1 aliphatic rings. The van der Waals surface area contributed by atoms with E-state index in [1.807, 2.05) is 31.2 Å². The zero-order valence-electron chi connectivity index (χ0n) is 14.0. The predicted octanol–water partition coefficient (Wildman–Crippen LogP) is -0.323. The Morgan fingerprint density at radius 1 is 1.42 bits per heavy atom. The van der Waals surface area contributed by atoms with Gasteiger partial charge < -0.3 is 14.7 Å². The molecular weight excluding hydrogens is 332 g/mol. The first-order valence-electron chi connectivity index (χ1n) is 7.76. The normalized spacial score (nSPS) is 21.7. The van der Waals surface area contributed by atoms with Crippen LogP contribution in [0.5, 0.6) is 0 Å². The lowest BCUT2D eigenvalue weighted by atomic mass is 9.91. The SMILES string of the molecule is Cc1ccccc1C[C@@]1(CO)CN(C(=O)CNS(C)(=O)=O)CCO1. The summed E-state index contributed by atoms with van der Waals surface area (Å²) < 4.78 is 30.3. The number of morpholine rings is 1. The summed E-state index contributed by atoms with van der Waals surface area (Å²) in [4.78, 5) is 13.8. The zero-order valence-corrected chi connectivity index (χ0v) is 14.8. The van der Waals surface area contributed by atoms with Crippen LogP contribution in [0.2, 0.25) is 0 Å². The molecule has 0 unspecified atom stereocenters. The van der Waals surface area contributed by atoms with E-state index in [0.29, 0.717) is 19.6 Å². The van der Waals surface area contributed by atoms with Crippen molar-refractivity contribution >= 4 is 15.9 Å². The molecule has 0 saturated carbocycles. The van der Waals surface area contributed by atoms with Crippen molar-refractivity contribution in [1.29, 1.82) is 0 Å². The van der Waals surface area contributed by atoms with Crippen LogP contribution in [-0.4, -0.2) is 69.0 Å². The summed E-state index contributed by atoms with van der Waals surface area (Å²) in [5.74, 6) is -0.327. The molecule has 0 bridgehead atoms. The second-order valence-corrected chi connectivity index (χ2v) is 8.03. The fraction of sp³-hybridized carbons (Fsp3) is 0.562. The van der Waals surface area contributed by atoms with Crippen molar-refractivity contribution in [3.8, 4) is 0 Å². The van der Waals surface area contributed by atoms with Crippen LogP contribution in [0.3, 0.4) is 0 Å². The maximum Gasteiger partial charge on any atom is 0.237 e. The smallest absolute Gasteiger partial charge is 0.237 e. The van der Waals surface area contributed by atoms with Crippen molar-refractivity contribution in [1.82, 2.24) is 9.62 Å². The van der Waals surface area contributed by atoms with Crippen molar-refractivity contribution in [3.63, 3.8) is 0 Å². The first-order valence-corrected chi connectivity index (χ1v) is 9.66. The topological polar surface area (TPSA) is 95.9 Å². The fourth-order valence-electron chi connectivity index (χ4n) is 2.78. The van der Waals surface area contributed by atoms with Crippen LogP contribution in [0.4, 0.5) is 0 Å². The van der Waals surface area contributed by atoms with E-state index in [1.54, 1.807) is 0 Å². The molecule has 0 aromatic heterocycles. The molecule has 1 aliphatic heterocycles. The first-order chi connectivity index (χ1) is 11.2. The molecule has 134 valence electrons. The fourth-order valence-corrected chi connectivity index (χ4v) is 3.16. The molecule has 1 aromatic rings. The number of benzene rings is 1. The molecule has 0 aliphatic carbocycles. The number of hydrogen-bond donors (Lipinski definition) is 2. The monoisotopic (exact) mass is 356 g/mol. The molecule has 1 saturated heterocycles. The van der Waals surface area contributed by atoms with Gasteiger partial charge in [-0.3, -0.25) is 4.79 Å². The minimum absolute atomic E-state index is 0.218. The van der Waals surface area contributed by atoms with Crippen molar-refractivity contribution < 1.29 is 23.1 Å². The van der Waals surface area contributed by atoms with Gasteiger partial charge in [-0.2, -0.15) is 0 Å². The molecule has 1 heterocycles. The summed E-state index contributed by atoms with van der Waals surface area (Å²) >= 11 is 0. The van der Waals surface area contributed by atoms with E-state index in [4.69, 9.17) is 4.74 Å². The van der Waals surface area contributed by atoms with Crippen LogP contribution in [0.15, 0.2) is 24.3 Å². The van der Waals surface area contributed by atoms with Crippen molar-refractivity contribution in [2.75, 3.05) is 39.1 Å². The van der Waals surface area contributed by atoms with E-state index >= 15 is 0 Å². The van der Waals surface area contributed by atoms with E-state index in [0.717, 1.165) is 17.4 Å². The molecule has 1 amide bonds. The summed E-state index contributed by atoms with van der Waals surface area (Å²) in [6, 6.07) is 7.83. The number of nitrogens with zero attached hydrogens (tertiary/aromatic N) is 1. The van der Waals surface area contributed by atoms with Gasteiger partial charge in [0.25, 0.3) is 0 Å². The van der Waals surface area contributed by atoms with E-state index in [1.165, 1.54) is 4.90 Å². The molecule has 0 radical (unpaired) electrons. The van der Waals surface area contributed by atoms with Gasteiger partial charge in [-0.05, 0) is 18.1 Å². The predicted molar refractivity (Wildman–Crippen MR) is 90.1 cm³/mol. The Hall–Kier alpha value is -1.48. The second-order valence-electron chi connectivity index (χ2n) is 6.20. The van der Waals surface area contributed by atoms with Gasteiger partial charge in [-0.15, -0.1) is 0 Å². The minimum atomic E-state index is -3.42. The number of amides is 1. The number of aliphatic hydroxyl groups excluding tert-OH is 1. The van der Waals surface area contributed by atoms with Crippen LogP contribution in [0.25, 0.3) is 0 Å². The number of nitrogens with one attached hydrogen (secondary N) is 1. The van der Waals surface area contributed by atoms with Crippen molar-refractivity contribution in [2.45, 2.75) is 18.9 Å². The maximum absolute atomic E-state index is 12.2. The third-order valence-corrected chi connectivity index (χ3v) is 4.82. The third-order valence-electron chi connectivity index (χ3n) is 4.15. The average molecular weight is 356 g/mol. The Morgan fingerprint density at radius 3 is 2.75 bits per heavy atom. The Balaban J connectivity index is 2.08. The molecule has 7 nitrogen and oxygen atoms in total. The highest BCUT2D eigenvalue weighted by Gasteiger charge is 2.38. The van der Waals surface area contributed by atoms with Crippen LogP contribution in [-0.2, 0) is 26.0 Å². The van der Waals surface area contributed by atoms with Gasteiger partial charge in [0.15, 0.2) is 0 Å². The molecule has 2 N–H and O–H groups in total. The van der Waals surface area contributed by atoms with E-state index in [9.17, 15) is 18.3 Å². The van der Waals surface area contributed by atoms with Crippen molar-refractivity contribution in [3.05, 3.63) is 35.4 Å². The highest BCUT2D eigenvalue weighted by atomic mass is 32.2. The molecule has 1 aromatic carbocycles. The van der Waals surface area contributed by atoms with Crippen LogP contribution < -0.4 is 4.72 Å². The van der Waals surface area contributed by atoms with Gasteiger partial charge >= 0.3 is 0 Å². The Kier molecular flexibility index (Phi) is 5.97. The molecule has 2 rings (SSSR count). The lowest BCUT2D eigenvalue weighted by Gasteiger charge is -2.42. The average Bonchev–Trinajstić information content (AvgIpc) is 2.54. The van der Waals surface area contributed by atoms with Gasteiger partial charge in [0.1, 0.15) is 5.60 Å². The summed E-state index contributed by atoms with van der Waals surface area (Å²) in [7, 11) is -3.42. The number of sulfonamides is 1. The number of rotatable bonds is 6. The lowest BCUT2D eigenvalue weighted by molar-refractivity contribution is -0.157. The summed E-state index contributed by atoms with van der Waals surface area (Å²) in [6.07, 6.45) is 1.50. The van der Waals surface area contributed by atoms with Crippen molar-refractivity contribution in [2.24, 2.45) is 0 Å². The number of aryl methyl sites for hydroxylation is 1. The van der Waals surface area contributed by atoms with Gasteiger partial charge in [-0.25, -0.2) is 13.1 Å². The zero-order chi connectivity index (χ0) is 17.8. The summed E-state index contributed by atoms with van der Waals surface area (Å²) in [5, 5.41) is 9.88. The Morgan fingerprint density at radius 2 is 2.12 bits per heavy atom. The van der Waals surface area contributed by atoms with Crippen LogP contribution in [0.1, 0.15) is 11.1 Å². The molecule has 24 heavy (non-hydrogen) atoms. The Bertz CT molecular complexity index is 691. The minimum Gasteiger partial charge on any atom is -0.393 e. The molecular formula is C16H24N2O5S. The van der Waals surface area contributed by atoms with Crippen LogP contribution >= 0.6 is 0 Å². The maximum atomic E-state index is 12.2. The summed E-state index contributed by atoms with van der Waals surface area (Å²) in [6.45, 7) is 2.39. The highest BCUT2D eigenvalue weighted by Crippen LogP contribution is 2.24. The number of hydrogen-bond acceptors (Lipinski definition) is 5. The van der Waals surface area contributed by atoms with Gasteiger partial charge in [0, 0.05) is 13.0 Å². The number of aliphatic hydroxyl groups is 1. The largest absolute Gasteiger partial charge is 0.393 e. The number of ether oxygens (including phenoxy) is 1. The van der Waals surface area contributed by atoms with Crippen LogP contribution in [0, 0.1) is 6.92 Å². The lowest BCUT2D eigenvalue weighted by Crippen LogP contribution is -2.58. The molecule has 1 atom stereocenters. The third kappa shape index (κ3) is 5.01. The molecule has 0 spiro atoms. The standard InChI is InChI=1S/C16H24N2O5S/c1-13-5-3-4-6-14(13)9-16(12-19)11-18(7-8-23-16)15(20)10-17-24(2,21)22/h3-6,17,19H,7-12H2,1-2H3/t16-/m0/s1. The van der Waals surface area contributed by atoms with Gasteiger partial charge in [0.2, 0.25) is 15.9 Å². The first kappa shape index (κ1) is 18.9. The quantitative estimate of drug-likeness (QED) is 0.728. The summed E-state index contributed by atoms with van der Waals surface area (Å²) in [5.41, 5.74) is 1.27. The van der Waals surface area contributed by atoms with E-state index in [-0.39, 0.29) is 25.6 Å². The second kappa shape index (κ2) is 7.60. The van der Waals surface area contributed by atoms with E-state index < -0.39 is 15.6 Å². The molecule has 1 fully saturated rings. The number of carbonyl (C=O) groups is 1. The Labute approximate surface area is 142 Å². The van der Waals surface area contributed by atoms with Gasteiger partial charge in [-0.1, -0.05) is 24.3 Å². The van der Waals surface area contributed by atoms with E-state index in [2.05, 4.69) is 4.72 Å². The highest BCUT2D eigenvalue weighted by molar-refractivity contribution is 7.88.